The van der Waals surface area contributed by atoms with Gasteiger partial charge in [0.05, 0.1) is 0 Å². The zero-order valence-corrected chi connectivity index (χ0v) is 8.41. The fraction of sp³-hybridized carbons (Fsp3) is 1.00. The average molecular weight is 173 g/mol. The lowest BCUT2D eigenvalue weighted by atomic mass is 9.98. The molecule has 0 radical (unpaired) electrons. The predicted octanol–water partition coefficient (Wildman–Crippen LogP) is 1.99. The lowest BCUT2D eigenvalue weighted by Crippen LogP contribution is -2.28. The standard InChI is InChI=1S/C9H19NS/c1-3-10-5-9-4-8(2)6-11-7-9/h8-10H,3-7H2,1-2H3. The Hall–Kier alpha value is 0.310. The van der Waals surface area contributed by atoms with Gasteiger partial charge in [0.1, 0.15) is 0 Å². The summed E-state index contributed by atoms with van der Waals surface area (Å²) in [4.78, 5) is 0. The van der Waals surface area contributed by atoms with E-state index in [-0.39, 0.29) is 0 Å². The van der Waals surface area contributed by atoms with Crippen LogP contribution in [-0.2, 0) is 0 Å². The van der Waals surface area contributed by atoms with Gasteiger partial charge >= 0.3 is 0 Å². The molecule has 1 N–H and O–H groups in total. The number of rotatable bonds is 3. The Balaban J connectivity index is 2.12. The first-order chi connectivity index (χ1) is 5.33. The molecule has 2 heteroatoms. The Kier molecular flexibility index (Phi) is 4.31. The van der Waals surface area contributed by atoms with E-state index in [1.54, 1.807) is 0 Å². The predicted molar refractivity (Wildman–Crippen MR) is 53.1 cm³/mol. The Bertz CT molecular complexity index is 106. The fourth-order valence-corrected chi connectivity index (χ4v) is 2.89. The van der Waals surface area contributed by atoms with Gasteiger partial charge in [0.25, 0.3) is 0 Å². The van der Waals surface area contributed by atoms with Crippen molar-refractivity contribution in [2.45, 2.75) is 20.3 Å². The average Bonchev–Trinajstić information content (AvgIpc) is 2.01. The van der Waals surface area contributed by atoms with Gasteiger partial charge in [0.2, 0.25) is 0 Å². The smallest absolute Gasteiger partial charge is 0.00126 e. The Morgan fingerprint density at radius 2 is 2.27 bits per heavy atom. The van der Waals surface area contributed by atoms with Gasteiger partial charge in [-0.25, -0.2) is 0 Å². The summed E-state index contributed by atoms with van der Waals surface area (Å²) in [5, 5.41) is 3.43. The van der Waals surface area contributed by atoms with Crippen LogP contribution in [0.25, 0.3) is 0 Å². The van der Waals surface area contributed by atoms with Crippen LogP contribution in [0.3, 0.4) is 0 Å². The van der Waals surface area contributed by atoms with E-state index in [2.05, 4.69) is 30.9 Å². The summed E-state index contributed by atoms with van der Waals surface area (Å²) in [6, 6.07) is 0. The van der Waals surface area contributed by atoms with Gasteiger partial charge in [-0.3, -0.25) is 0 Å². The highest BCUT2D eigenvalue weighted by molar-refractivity contribution is 7.99. The highest BCUT2D eigenvalue weighted by Crippen LogP contribution is 2.26. The van der Waals surface area contributed by atoms with Crippen molar-refractivity contribution >= 4 is 11.8 Å². The third-order valence-corrected chi connectivity index (χ3v) is 3.69. The van der Waals surface area contributed by atoms with E-state index in [4.69, 9.17) is 0 Å². The highest BCUT2D eigenvalue weighted by atomic mass is 32.2. The largest absolute Gasteiger partial charge is 0.317 e. The molecule has 0 aromatic rings. The molecule has 0 bridgehead atoms. The van der Waals surface area contributed by atoms with Crippen molar-refractivity contribution in [3.63, 3.8) is 0 Å². The summed E-state index contributed by atoms with van der Waals surface area (Å²) >= 11 is 2.12. The fourth-order valence-electron chi connectivity index (χ4n) is 1.63. The van der Waals surface area contributed by atoms with E-state index in [9.17, 15) is 0 Å². The first kappa shape index (κ1) is 9.40. The maximum absolute atomic E-state index is 3.43. The normalized spacial score (nSPS) is 32.2. The van der Waals surface area contributed by atoms with Gasteiger partial charge in [-0.05, 0) is 42.9 Å². The van der Waals surface area contributed by atoms with Crippen LogP contribution in [0.15, 0.2) is 0 Å². The first-order valence-corrected chi connectivity index (χ1v) is 5.76. The molecule has 0 aromatic heterocycles. The van der Waals surface area contributed by atoms with Gasteiger partial charge < -0.3 is 5.32 Å². The molecule has 1 rings (SSSR count). The van der Waals surface area contributed by atoms with Crippen molar-refractivity contribution in [2.75, 3.05) is 24.6 Å². The van der Waals surface area contributed by atoms with Crippen LogP contribution in [-0.4, -0.2) is 24.6 Å². The van der Waals surface area contributed by atoms with Gasteiger partial charge in [0.15, 0.2) is 0 Å². The lowest BCUT2D eigenvalue weighted by Gasteiger charge is -2.26. The molecule has 0 spiro atoms. The quantitative estimate of drug-likeness (QED) is 0.700. The molecule has 1 aliphatic heterocycles. The molecule has 1 fully saturated rings. The van der Waals surface area contributed by atoms with E-state index in [0.717, 1.165) is 18.4 Å². The topological polar surface area (TPSA) is 12.0 Å². The number of hydrogen-bond donors (Lipinski definition) is 1. The van der Waals surface area contributed by atoms with Gasteiger partial charge in [0, 0.05) is 0 Å². The SMILES string of the molecule is CCNCC1CSCC(C)C1. The third kappa shape index (κ3) is 3.48. The lowest BCUT2D eigenvalue weighted by molar-refractivity contribution is 0.415. The molecule has 0 aliphatic carbocycles. The van der Waals surface area contributed by atoms with Crippen molar-refractivity contribution in [3.05, 3.63) is 0 Å². The summed E-state index contributed by atoms with van der Waals surface area (Å²) in [5.74, 6) is 4.63. The van der Waals surface area contributed by atoms with E-state index in [1.165, 1.54) is 24.5 Å². The van der Waals surface area contributed by atoms with Crippen molar-refractivity contribution in [3.8, 4) is 0 Å². The Morgan fingerprint density at radius 1 is 1.45 bits per heavy atom. The van der Waals surface area contributed by atoms with Crippen LogP contribution in [0.2, 0.25) is 0 Å². The van der Waals surface area contributed by atoms with Crippen molar-refractivity contribution in [1.82, 2.24) is 5.32 Å². The molecular formula is C9H19NS. The second kappa shape index (κ2) is 5.04. The molecular weight excluding hydrogens is 154 g/mol. The summed E-state index contributed by atoms with van der Waals surface area (Å²) in [7, 11) is 0. The third-order valence-electron chi connectivity index (χ3n) is 2.17. The highest BCUT2D eigenvalue weighted by Gasteiger charge is 2.18. The zero-order chi connectivity index (χ0) is 8.10. The molecule has 11 heavy (non-hydrogen) atoms. The molecule has 0 saturated carbocycles. The van der Waals surface area contributed by atoms with Crippen molar-refractivity contribution in [2.24, 2.45) is 11.8 Å². The van der Waals surface area contributed by atoms with E-state index >= 15 is 0 Å². The Morgan fingerprint density at radius 3 is 2.91 bits per heavy atom. The minimum Gasteiger partial charge on any atom is -0.317 e. The van der Waals surface area contributed by atoms with Gasteiger partial charge in [-0.1, -0.05) is 13.8 Å². The first-order valence-electron chi connectivity index (χ1n) is 4.61. The van der Waals surface area contributed by atoms with E-state index in [1.807, 2.05) is 0 Å². The van der Waals surface area contributed by atoms with Crippen LogP contribution in [0, 0.1) is 11.8 Å². The molecule has 66 valence electrons. The minimum absolute atomic E-state index is 0.934. The summed E-state index contributed by atoms with van der Waals surface area (Å²) in [6.45, 7) is 6.90. The number of hydrogen-bond acceptors (Lipinski definition) is 2. The second-order valence-electron chi connectivity index (χ2n) is 3.55. The maximum Gasteiger partial charge on any atom is -0.00126 e. The van der Waals surface area contributed by atoms with Crippen molar-refractivity contribution < 1.29 is 0 Å². The Labute approximate surface area is 74.3 Å². The monoisotopic (exact) mass is 173 g/mol. The molecule has 1 nitrogen and oxygen atoms in total. The minimum atomic E-state index is 0.934. The molecule has 0 amide bonds. The van der Waals surface area contributed by atoms with E-state index in [0.29, 0.717) is 0 Å². The zero-order valence-electron chi connectivity index (χ0n) is 7.60. The van der Waals surface area contributed by atoms with Crippen LogP contribution >= 0.6 is 11.8 Å². The molecule has 0 aromatic carbocycles. The van der Waals surface area contributed by atoms with Crippen LogP contribution in [0.5, 0.6) is 0 Å². The number of nitrogens with one attached hydrogen (secondary N) is 1. The molecule has 1 heterocycles. The van der Waals surface area contributed by atoms with Crippen LogP contribution in [0.4, 0.5) is 0 Å². The maximum atomic E-state index is 3.43. The van der Waals surface area contributed by atoms with Gasteiger partial charge in [-0.15, -0.1) is 0 Å². The number of thioether (sulfide) groups is 1. The molecule has 1 aliphatic rings. The molecule has 2 atom stereocenters. The van der Waals surface area contributed by atoms with Crippen molar-refractivity contribution in [1.29, 1.82) is 0 Å². The van der Waals surface area contributed by atoms with Crippen LogP contribution < -0.4 is 5.32 Å². The molecule has 1 saturated heterocycles. The summed E-state index contributed by atoms with van der Waals surface area (Å²) in [5.41, 5.74) is 0. The van der Waals surface area contributed by atoms with E-state index < -0.39 is 0 Å². The summed E-state index contributed by atoms with van der Waals surface area (Å²) < 4.78 is 0. The molecule has 2 unspecified atom stereocenters. The van der Waals surface area contributed by atoms with Crippen LogP contribution in [0.1, 0.15) is 20.3 Å². The van der Waals surface area contributed by atoms with Gasteiger partial charge in [-0.2, -0.15) is 11.8 Å². The second-order valence-corrected chi connectivity index (χ2v) is 4.63. The summed E-state index contributed by atoms with van der Waals surface area (Å²) in [6.07, 6.45) is 1.43.